The highest BCUT2D eigenvalue weighted by Crippen LogP contribution is 2.32. The second-order valence-electron chi connectivity index (χ2n) is 4.36. The SMILES string of the molecule is COC(CN)C(=O)N1CCN(C)c2ccccc21. The molecule has 5 nitrogen and oxygen atoms in total. The number of hydrogen-bond acceptors (Lipinski definition) is 4. The predicted octanol–water partition coefficient (Wildman–Crippen LogP) is 0.443. The molecule has 0 saturated heterocycles. The summed E-state index contributed by atoms with van der Waals surface area (Å²) in [6, 6.07) is 7.87. The Morgan fingerprint density at radius 3 is 2.67 bits per heavy atom. The molecule has 0 saturated carbocycles. The van der Waals surface area contributed by atoms with Gasteiger partial charge in [0.25, 0.3) is 5.91 Å². The number of fused-ring (bicyclic) bond motifs is 1. The van der Waals surface area contributed by atoms with E-state index in [1.807, 2.05) is 31.3 Å². The van der Waals surface area contributed by atoms with Gasteiger partial charge >= 0.3 is 0 Å². The molecule has 1 amide bonds. The Kier molecular flexibility index (Phi) is 3.84. The zero-order valence-electron chi connectivity index (χ0n) is 10.8. The molecule has 2 rings (SSSR count). The Morgan fingerprint density at radius 1 is 1.39 bits per heavy atom. The minimum Gasteiger partial charge on any atom is -0.371 e. The normalized spacial score (nSPS) is 16.4. The van der Waals surface area contributed by atoms with E-state index in [9.17, 15) is 4.79 Å². The molecule has 0 fully saturated rings. The van der Waals surface area contributed by atoms with Crippen LogP contribution in [-0.4, -0.2) is 45.8 Å². The summed E-state index contributed by atoms with van der Waals surface area (Å²) < 4.78 is 5.13. The molecule has 0 spiro atoms. The first kappa shape index (κ1) is 12.9. The van der Waals surface area contributed by atoms with E-state index in [1.165, 1.54) is 7.11 Å². The molecule has 0 aliphatic carbocycles. The number of benzene rings is 1. The van der Waals surface area contributed by atoms with Crippen LogP contribution in [0, 0.1) is 0 Å². The minimum absolute atomic E-state index is 0.0689. The quantitative estimate of drug-likeness (QED) is 0.844. The van der Waals surface area contributed by atoms with Crippen LogP contribution in [0.1, 0.15) is 0 Å². The zero-order chi connectivity index (χ0) is 13.1. The van der Waals surface area contributed by atoms with E-state index in [4.69, 9.17) is 10.5 Å². The molecule has 1 aromatic carbocycles. The van der Waals surface area contributed by atoms with Crippen molar-refractivity contribution < 1.29 is 9.53 Å². The van der Waals surface area contributed by atoms with E-state index in [0.717, 1.165) is 17.9 Å². The minimum atomic E-state index is -0.568. The van der Waals surface area contributed by atoms with Gasteiger partial charge in [0.15, 0.2) is 0 Å². The number of anilines is 2. The van der Waals surface area contributed by atoms with Crippen molar-refractivity contribution in [2.45, 2.75) is 6.10 Å². The molecule has 0 radical (unpaired) electrons. The van der Waals surface area contributed by atoms with Crippen LogP contribution in [0.5, 0.6) is 0 Å². The van der Waals surface area contributed by atoms with Crippen LogP contribution in [0.25, 0.3) is 0 Å². The van der Waals surface area contributed by atoms with Crippen LogP contribution in [-0.2, 0) is 9.53 Å². The van der Waals surface area contributed by atoms with Crippen molar-refractivity contribution >= 4 is 17.3 Å². The summed E-state index contributed by atoms with van der Waals surface area (Å²) in [6.45, 7) is 1.67. The van der Waals surface area contributed by atoms with Gasteiger partial charge in [-0.3, -0.25) is 4.79 Å². The van der Waals surface area contributed by atoms with Crippen LogP contribution in [0.15, 0.2) is 24.3 Å². The van der Waals surface area contributed by atoms with E-state index in [0.29, 0.717) is 6.54 Å². The number of nitrogens with two attached hydrogens (primary N) is 1. The smallest absolute Gasteiger partial charge is 0.257 e. The lowest BCUT2D eigenvalue weighted by Gasteiger charge is -2.36. The molecule has 0 bridgehead atoms. The lowest BCUT2D eigenvalue weighted by molar-refractivity contribution is -0.127. The number of para-hydroxylation sites is 2. The average molecular weight is 249 g/mol. The molecule has 1 aliphatic rings. The van der Waals surface area contributed by atoms with Crippen molar-refractivity contribution in [1.82, 2.24) is 0 Å². The highest BCUT2D eigenvalue weighted by molar-refractivity contribution is 6.00. The molecular weight excluding hydrogens is 230 g/mol. The Morgan fingerprint density at radius 2 is 2.06 bits per heavy atom. The van der Waals surface area contributed by atoms with Crippen LogP contribution >= 0.6 is 0 Å². The van der Waals surface area contributed by atoms with Gasteiger partial charge in [0.05, 0.1) is 11.4 Å². The van der Waals surface area contributed by atoms with Gasteiger partial charge < -0.3 is 20.3 Å². The first-order valence-corrected chi connectivity index (χ1v) is 6.03. The summed E-state index contributed by atoms with van der Waals surface area (Å²) in [5, 5.41) is 0. The van der Waals surface area contributed by atoms with Crippen molar-refractivity contribution in [2.24, 2.45) is 5.73 Å². The van der Waals surface area contributed by atoms with Gasteiger partial charge in [0.2, 0.25) is 0 Å². The summed E-state index contributed by atoms with van der Waals surface area (Å²) >= 11 is 0. The van der Waals surface area contributed by atoms with Crippen molar-refractivity contribution in [3.8, 4) is 0 Å². The second-order valence-corrected chi connectivity index (χ2v) is 4.36. The summed E-state index contributed by atoms with van der Waals surface area (Å²) in [7, 11) is 3.54. The number of ether oxygens (including phenoxy) is 1. The Hall–Kier alpha value is -1.59. The number of nitrogens with zero attached hydrogens (tertiary/aromatic N) is 2. The third-order valence-electron chi connectivity index (χ3n) is 3.28. The molecular formula is C13H19N3O2. The molecule has 2 N–H and O–H groups in total. The van der Waals surface area contributed by atoms with E-state index >= 15 is 0 Å². The van der Waals surface area contributed by atoms with E-state index in [-0.39, 0.29) is 12.5 Å². The van der Waals surface area contributed by atoms with Gasteiger partial charge in [0.1, 0.15) is 6.10 Å². The van der Waals surface area contributed by atoms with Gasteiger partial charge in [-0.15, -0.1) is 0 Å². The van der Waals surface area contributed by atoms with Crippen LogP contribution in [0.3, 0.4) is 0 Å². The van der Waals surface area contributed by atoms with E-state index in [1.54, 1.807) is 4.90 Å². The number of likely N-dealkylation sites (N-methyl/N-ethyl adjacent to an activating group) is 1. The molecule has 1 unspecified atom stereocenters. The van der Waals surface area contributed by atoms with Crippen molar-refractivity contribution in [3.05, 3.63) is 24.3 Å². The fourth-order valence-electron chi connectivity index (χ4n) is 2.21. The summed E-state index contributed by atoms with van der Waals surface area (Å²) in [6.07, 6.45) is -0.568. The topological polar surface area (TPSA) is 58.8 Å². The van der Waals surface area contributed by atoms with Gasteiger partial charge in [-0.1, -0.05) is 12.1 Å². The summed E-state index contributed by atoms with van der Waals surface area (Å²) in [4.78, 5) is 16.2. The fourth-order valence-corrected chi connectivity index (χ4v) is 2.21. The third-order valence-corrected chi connectivity index (χ3v) is 3.28. The molecule has 98 valence electrons. The highest BCUT2D eigenvalue weighted by atomic mass is 16.5. The number of methoxy groups -OCH3 is 1. The maximum Gasteiger partial charge on any atom is 0.257 e. The number of carbonyl (C=O) groups is 1. The Balaban J connectivity index is 2.31. The Labute approximate surface area is 107 Å². The monoisotopic (exact) mass is 249 g/mol. The molecule has 1 atom stereocenters. The molecule has 18 heavy (non-hydrogen) atoms. The first-order chi connectivity index (χ1) is 8.69. The fraction of sp³-hybridized carbons (Fsp3) is 0.462. The lowest BCUT2D eigenvalue weighted by Crippen LogP contribution is -2.49. The summed E-state index contributed by atoms with van der Waals surface area (Å²) in [5.41, 5.74) is 7.54. The predicted molar refractivity (Wildman–Crippen MR) is 71.9 cm³/mol. The third kappa shape index (κ3) is 2.19. The lowest BCUT2D eigenvalue weighted by atomic mass is 10.1. The molecule has 1 heterocycles. The number of hydrogen-bond donors (Lipinski definition) is 1. The zero-order valence-corrected chi connectivity index (χ0v) is 10.8. The van der Waals surface area contributed by atoms with Gasteiger partial charge in [-0.25, -0.2) is 0 Å². The largest absolute Gasteiger partial charge is 0.371 e. The number of carbonyl (C=O) groups excluding carboxylic acids is 1. The van der Waals surface area contributed by atoms with E-state index in [2.05, 4.69) is 4.90 Å². The number of rotatable bonds is 3. The Bertz CT molecular complexity index is 432. The first-order valence-electron chi connectivity index (χ1n) is 6.03. The van der Waals surface area contributed by atoms with Gasteiger partial charge in [0, 0.05) is 33.8 Å². The van der Waals surface area contributed by atoms with Gasteiger partial charge in [-0.05, 0) is 12.1 Å². The molecule has 1 aliphatic heterocycles. The molecule has 1 aromatic rings. The second kappa shape index (κ2) is 5.37. The summed E-state index contributed by atoms with van der Waals surface area (Å²) in [5.74, 6) is -0.0689. The maximum absolute atomic E-state index is 12.3. The molecule has 5 heteroatoms. The maximum atomic E-state index is 12.3. The molecule has 0 aromatic heterocycles. The van der Waals surface area contributed by atoms with Crippen molar-refractivity contribution in [2.75, 3.05) is 43.6 Å². The average Bonchev–Trinajstić information content (AvgIpc) is 2.41. The highest BCUT2D eigenvalue weighted by Gasteiger charge is 2.29. The van der Waals surface area contributed by atoms with Crippen LogP contribution < -0.4 is 15.5 Å². The van der Waals surface area contributed by atoms with E-state index < -0.39 is 6.10 Å². The van der Waals surface area contributed by atoms with Crippen LogP contribution in [0.4, 0.5) is 11.4 Å². The van der Waals surface area contributed by atoms with Crippen molar-refractivity contribution in [3.63, 3.8) is 0 Å². The number of amides is 1. The van der Waals surface area contributed by atoms with Crippen molar-refractivity contribution in [1.29, 1.82) is 0 Å². The van der Waals surface area contributed by atoms with Gasteiger partial charge in [-0.2, -0.15) is 0 Å². The van der Waals surface area contributed by atoms with Crippen LogP contribution in [0.2, 0.25) is 0 Å². The standard InChI is InChI=1S/C13H19N3O2/c1-15-7-8-16(13(17)12(9-14)18-2)11-6-4-3-5-10(11)15/h3-6,12H,7-9,14H2,1-2H3.